The second kappa shape index (κ2) is 8.09. The van der Waals surface area contributed by atoms with Crippen molar-refractivity contribution in [1.29, 1.82) is 0 Å². The molecule has 1 amide bonds. The summed E-state index contributed by atoms with van der Waals surface area (Å²) in [5.41, 5.74) is 0.816. The first-order chi connectivity index (χ1) is 15.9. The van der Waals surface area contributed by atoms with E-state index in [4.69, 9.17) is 0 Å². The van der Waals surface area contributed by atoms with Crippen molar-refractivity contribution in [1.82, 2.24) is 28.7 Å². The van der Waals surface area contributed by atoms with Crippen LogP contribution in [0.4, 0.5) is 4.39 Å². The molecule has 11 heteroatoms. The summed E-state index contributed by atoms with van der Waals surface area (Å²) in [5, 5.41) is -0.0521. The average molecular weight is 469 g/mol. The van der Waals surface area contributed by atoms with Crippen LogP contribution in [0.15, 0.2) is 66.3 Å². The Kier molecular flexibility index (Phi) is 5.22. The van der Waals surface area contributed by atoms with Crippen LogP contribution in [0.3, 0.4) is 0 Å². The van der Waals surface area contributed by atoms with Gasteiger partial charge in [-0.1, -0.05) is 18.2 Å². The molecule has 1 saturated heterocycles. The minimum atomic E-state index is -4.04. The zero-order chi connectivity index (χ0) is 23.2. The standard InChI is InChI=1S/C22H21FN6O3S/c1-15-13-27(22(30)16-5-3-2-4-6-16)9-10-29(15)33(31,32)18-12-25-20-19(18)17(23)11-26-21(20)28-8-7-24-14-28/h2-8,11-12,14-15,25H,9-10,13H2,1H3/t15-/m1/s1. The molecule has 1 aliphatic heterocycles. The van der Waals surface area contributed by atoms with Gasteiger partial charge >= 0.3 is 0 Å². The Hall–Kier alpha value is -3.57. The van der Waals surface area contributed by atoms with Gasteiger partial charge in [0.1, 0.15) is 11.2 Å². The highest BCUT2D eigenvalue weighted by Crippen LogP contribution is 2.32. The maximum Gasteiger partial charge on any atom is 0.253 e. The molecule has 0 aliphatic carbocycles. The Bertz CT molecular complexity index is 1420. The molecule has 3 aromatic heterocycles. The number of halogens is 1. The highest BCUT2D eigenvalue weighted by Gasteiger charge is 2.37. The van der Waals surface area contributed by atoms with Crippen LogP contribution < -0.4 is 0 Å². The van der Waals surface area contributed by atoms with Crippen LogP contribution in [0.1, 0.15) is 17.3 Å². The fraction of sp³-hybridized carbons (Fsp3) is 0.227. The van der Waals surface area contributed by atoms with Gasteiger partial charge in [-0.05, 0) is 19.1 Å². The monoisotopic (exact) mass is 468 g/mol. The normalized spacial score (nSPS) is 17.5. The fourth-order valence-electron chi connectivity index (χ4n) is 4.22. The number of rotatable bonds is 4. The van der Waals surface area contributed by atoms with E-state index in [1.165, 1.54) is 16.8 Å². The zero-order valence-corrected chi connectivity index (χ0v) is 18.5. The second-order valence-corrected chi connectivity index (χ2v) is 9.74. The molecule has 0 unspecified atom stereocenters. The van der Waals surface area contributed by atoms with E-state index in [2.05, 4.69) is 15.0 Å². The Morgan fingerprint density at radius 1 is 1.21 bits per heavy atom. The van der Waals surface area contributed by atoms with E-state index >= 15 is 0 Å². The lowest BCUT2D eigenvalue weighted by atomic mass is 10.1. The van der Waals surface area contributed by atoms with Gasteiger partial charge in [-0.15, -0.1) is 0 Å². The number of hydrogen-bond acceptors (Lipinski definition) is 5. The van der Waals surface area contributed by atoms with Crippen LogP contribution in [-0.2, 0) is 10.0 Å². The predicted molar refractivity (Wildman–Crippen MR) is 119 cm³/mol. The fourth-order valence-corrected chi connectivity index (χ4v) is 6.00. The van der Waals surface area contributed by atoms with Gasteiger partial charge in [0.15, 0.2) is 11.6 Å². The van der Waals surface area contributed by atoms with Crippen molar-refractivity contribution in [2.24, 2.45) is 0 Å². The topological polar surface area (TPSA) is 104 Å². The maximum atomic E-state index is 14.8. The first kappa shape index (κ1) is 21.3. The van der Waals surface area contributed by atoms with E-state index in [9.17, 15) is 17.6 Å². The first-order valence-corrected chi connectivity index (χ1v) is 11.8. The summed E-state index contributed by atoms with van der Waals surface area (Å²) in [4.78, 5) is 25.2. The highest BCUT2D eigenvalue weighted by molar-refractivity contribution is 7.89. The molecule has 1 N–H and O–H groups in total. The number of aromatic amines is 1. The van der Waals surface area contributed by atoms with Crippen LogP contribution in [-0.4, -0.2) is 68.7 Å². The van der Waals surface area contributed by atoms with Gasteiger partial charge in [0.2, 0.25) is 10.0 Å². The van der Waals surface area contributed by atoms with Crippen molar-refractivity contribution in [2.45, 2.75) is 17.9 Å². The van der Waals surface area contributed by atoms with E-state index in [-0.39, 0.29) is 41.3 Å². The van der Waals surface area contributed by atoms with Crippen molar-refractivity contribution in [2.75, 3.05) is 19.6 Å². The number of benzene rings is 1. The third-order valence-electron chi connectivity index (χ3n) is 5.82. The summed E-state index contributed by atoms with van der Waals surface area (Å²) >= 11 is 0. The average Bonchev–Trinajstić information content (AvgIpc) is 3.50. The summed E-state index contributed by atoms with van der Waals surface area (Å²) in [6, 6.07) is 8.39. The minimum absolute atomic E-state index is 0.0521. The Labute approximate surface area is 189 Å². The quantitative estimate of drug-likeness (QED) is 0.495. The molecule has 4 heterocycles. The Balaban J connectivity index is 1.46. The van der Waals surface area contributed by atoms with Crippen molar-refractivity contribution < 1.29 is 17.6 Å². The molecule has 1 atom stereocenters. The van der Waals surface area contributed by atoms with Crippen LogP contribution >= 0.6 is 0 Å². The molecular weight excluding hydrogens is 447 g/mol. The Morgan fingerprint density at radius 2 is 2.00 bits per heavy atom. The van der Waals surface area contributed by atoms with Crippen LogP contribution in [0.5, 0.6) is 0 Å². The van der Waals surface area contributed by atoms with E-state index in [1.807, 2.05) is 6.07 Å². The van der Waals surface area contributed by atoms with Crippen LogP contribution in [0, 0.1) is 5.82 Å². The van der Waals surface area contributed by atoms with Crippen LogP contribution in [0.2, 0.25) is 0 Å². The molecule has 33 heavy (non-hydrogen) atoms. The van der Waals surface area contributed by atoms with Crippen LogP contribution in [0.25, 0.3) is 16.7 Å². The number of imidazole rings is 1. The molecule has 4 aromatic rings. The lowest BCUT2D eigenvalue weighted by Gasteiger charge is -2.38. The number of aromatic nitrogens is 4. The zero-order valence-electron chi connectivity index (χ0n) is 17.7. The lowest BCUT2D eigenvalue weighted by molar-refractivity contribution is 0.0642. The molecule has 1 aromatic carbocycles. The number of pyridine rings is 1. The van der Waals surface area contributed by atoms with Gasteiger partial charge in [-0.25, -0.2) is 22.8 Å². The number of nitrogens with zero attached hydrogens (tertiary/aromatic N) is 5. The number of piperazine rings is 1. The number of amides is 1. The molecule has 0 spiro atoms. The predicted octanol–water partition coefficient (Wildman–Crippen LogP) is 2.42. The van der Waals surface area contributed by atoms with E-state index < -0.39 is 21.9 Å². The van der Waals surface area contributed by atoms with Gasteiger partial charge in [0, 0.05) is 49.8 Å². The largest absolute Gasteiger partial charge is 0.357 e. The second-order valence-electron chi connectivity index (χ2n) is 7.88. The molecule has 1 aliphatic rings. The third-order valence-corrected chi connectivity index (χ3v) is 7.85. The lowest BCUT2D eigenvalue weighted by Crippen LogP contribution is -2.55. The minimum Gasteiger partial charge on any atom is -0.357 e. The van der Waals surface area contributed by atoms with Crippen molar-refractivity contribution in [3.63, 3.8) is 0 Å². The van der Waals surface area contributed by atoms with E-state index in [0.29, 0.717) is 11.4 Å². The smallest absolute Gasteiger partial charge is 0.253 e. The number of carbonyl (C=O) groups is 1. The highest BCUT2D eigenvalue weighted by atomic mass is 32.2. The van der Waals surface area contributed by atoms with Crippen molar-refractivity contribution in [3.8, 4) is 5.82 Å². The molecule has 0 bridgehead atoms. The summed E-state index contributed by atoms with van der Waals surface area (Å²) in [6.45, 7) is 2.32. The van der Waals surface area contributed by atoms with E-state index in [0.717, 1.165) is 6.20 Å². The number of fused-ring (bicyclic) bond motifs is 1. The molecule has 0 radical (unpaired) electrons. The Morgan fingerprint density at radius 3 is 2.70 bits per heavy atom. The maximum absolute atomic E-state index is 14.8. The molecule has 0 saturated carbocycles. The third kappa shape index (κ3) is 3.58. The van der Waals surface area contributed by atoms with Gasteiger partial charge in [0.25, 0.3) is 5.91 Å². The van der Waals surface area contributed by atoms with E-state index in [1.54, 1.807) is 53.0 Å². The number of nitrogens with one attached hydrogen (secondary N) is 1. The summed E-state index contributed by atoms with van der Waals surface area (Å²) < 4.78 is 44.8. The van der Waals surface area contributed by atoms with Crippen molar-refractivity contribution >= 4 is 26.8 Å². The number of carbonyl (C=O) groups excluding carboxylic acids is 1. The molecule has 9 nitrogen and oxygen atoms in total. The molecule has 170 valence electrons. The molecule has 1 fully saturated rings. The SMILES string of the molecule is C[C@@H]1CN(C(=O)c2ccccc2)CCN1S(=O)(=O)c1c[nH]c2c(-n3ccnc3)ncc(F)c12. The van der Waals surface area contributed by atoms with Crippen molar-refractivity contribution in [3.05, 3.63) is 72.8 Å². The van der Waals surface area contributed by atoms with Gasteiger partial charge < -0.3 is 9.88 Å². The number of sulfonamides is 1. The summed E-state index contributed by atoms with van der Waals surface area (Å²) in [6.07, 6.45) is 6.98. The first-order valence-electron chi connectivity index (χ1n) is 10.4. The van der Waals surface area contributed by atoms with Gasteiger partial charge in [-0.2, -0.15) is 4.31 Å². The van der Waals surface area contributed by atoms with Gasteiger partial charge in [-0.3, -0.25) is 9.36 Å². The number of H-pyrrole nitrogens is 1. The molecular formula is C22H21FN6O3S. The molecule has 5 rings (SSSR count). The number of hydrogen-bond donors (Lipinski definition) is 1. The summed E-state index contributed by atoms with van der Waals surface area (Å²) in [5.74, 6) is -0.537. The summed E-state index contributed by atoms with van der Waals surface area (Å²) in [7, 11) is -4.04. The van der Waals surface area contributed by atoms with Gasteiger partial charge in [0.05, 0.1) is 17.1 Å².